The van der Waals surface area contributed by atoms with E-state index in [9.17, 15) is 4.79 Å². The first kappa shape index (κ1) is 13.3. The first-order chi connectivity index (χ1) is 8.97. The number of aromatic nitrogens is 1. The highest BCUT2D eigenvalue weighted by molar-refractivity contribution is 5.92. The van der Waals surface area contributed by atoms with Gasteiger partial charge in [0.25, 0.3) is 0 Å². The molecule has 2 aromatic rings. The van der Waals surface area contributed by atoms with Crippen molar-refractivity contribution in [3.63, 3.8) is 0 Å². The van der Waals surface area contributed by atoms with Gasteiger partial charge < -0.3 is 10.0 Å². The summed E-state index contributed by atoms with van der Waals surface area (Å²) in [5.41, 5.74) is 4.03. The van der Waals surface area contributed by atoms with Gasteiger partial charge in [-0.3, -0.25) is 9.78 Å². The molecule has 0 aliphatic heterocycles. The Labute approximate surface area is 112 Å². The average molecular weight is 258 g/mol. The maximum absolute atomic E-state index is 10.6. The fourth-order valence-electron chi connectivity index (χ4n) is 2.16. The van der Waals surface area contributed by atoms with Gasteiger partial charge in [-0.2, -0.15) is 0 Å². The SMILES string of the molecule is Cc1cc(N(C)C)c2ccc(CCC(=O)O)cc2n1. The molecular formula is C15H18N2O2. The van der Waals surface area contributed by atoms with Crippen molar-refractivity contribution in [2.75, 3.05) is 19.0 Å². The Morgan fingerprint density at radius 1 is 1.32 bits per heavy atom. The topological polar surface area (TPSA) is 53.4 Å². The number of pyridine rings is 1. The number of rotatable bonds is 4. The van der Waals surface area contributed by atoms with E-state index in [0.717, 1.165) is 27.8 Å². The molecule has 0 aliphatic rings. The number of aliphatic carboxylic acids is 1. The number of nitrogens with zero attached hydrogens (tertiary/aromatic N) is 2. The summed E-state index contributed by atoms with van der Waals surface area (Å²) in [5.74, 6) is -0.772. The number of carboxylic acid groups (broad SMARTS) is 1. The van der Waals surface area contributed by atoms with Crippen LogP contribution in [0.2, 0.25) is 0 Å². The van der Waals surface area contributed by atoms with Crippen molar-refractivity contribution in [3.8, 4) is 0 Å². The van der Waals surface area contributed by atoms with Gasteiger partial charge >= 0.3 is 5.97 Å². The summed E-state index contributed by atoms with van der Waals surface area (Å²) in [6, 6.07) is 8.04. The summed E-state index contributed by atoms with van der Waals surface area (Å²) in [4.78, 5) is 17.2. The van der Waals surface area contributed by atoms with Crippen LogP contribution >= 0.6 is 0 Å². The van der Waals surface area contributed by atoms with Crippen LogP contribution in [0.1, 0.15) is 17.7 Å². The number of anilines is 1. The highest BCUT2D eigenvalue weighted by Gasteiger charge is 2.07. The Kier molecular flexibility index (Phi) is 3.69. The second kappa shape index (κ2) is 5.26. The average Bonchev–Trinajstić information content (AvgIpc) is 2.34. The smallest absolute Gasteiger partial charge is 0.303 e. The maximum atomic E-state index is 10.6. The van der Waals surface area contributed by atoms with Gasteiger partial charge in [0.2, 0.25) is 0 Å². The third-order valence-electron chi connectivity index (χ3n) is 3.09. The summed E-state index contributed by atoms with van der Waals surface area (Å²) in [6.45, 7) is 1.97. The predicted molar refractivity (Wildman–Crippen MR) is 76.8 cm³/mol. The van der Waals surface area contributed by atoms with E-state index >= 15 is 0 Å². The van der Waals surface area contributed by atoms with E-state index in [1.165, 1.54) is 0 Å². The fourth-order valence-corrected chi connectivity index (χ4v) is 2.16. The standard InChI is InChI=1S/C15H18N2O2/c1-10-8-14(17(2)3)12-6-4-11(5-7-15(18)19)9-13(12)16-10/h4,6,8-9H,5,7H2,1-3H3,(H,18,19). The molecule has 4 nitrogen and oxygen atoms in total. The molecule has 0 fully saturated rings. The van der Waals surface area contributed by atoms with Crippen molar-refractivity contribution in [1.82, 2.24) is 4.98 Å². The number of fused-ring (bicyclic) bond motifs is 1. The van der Waals surface area contributed by atoms with Crippen LogP contribution in [0.25, 0.3) is 10.9 Å². The van der Waals surface area contributed by atoms with Crippen LogP contribution in [-0.4, -0.2) is 30.2 Å². The lowest BCUT2D eigenvalue weighted by atomic mass is 10.1. The fraction of sp³-hybridized carbons (Fsp3) is 0.333. The third kappa shape index (κ3) is 3.02. The summed E-state index contributed by atoms with van der Waals surface area (Å²) in [5, 5.41) is 9.82. The van der Waals surface area contributed by atoms with Gasteiger partial charge in [-0.15, -0.1) is 0 Å². The van der Waals surface area contributed by atoms with Crippen molar-refractivity contribution < 1.29 is 9.90 Å². The number of hydrogen-bond acceptors (Lipinski definition) is 3. The van der Waals surface area contributed by atoms with Crippen LogP contribution in [-0.2, 0) is 11.2 Å². The van der Waals surface area contributed by atoms with E-state index in [1.54, 1.807) is 0 Å². The van der Waals surface area contributed by atoms with Gasteiger partial charge in [0.15, 0.2) is 0 Å². The van der Waals surface area contributed by atoms with Gasteiger partial charge in [-0.1, -0.05) is 12.1 Å². The molecule has 0 bridgehead atoms. The first-order valence-electron chi connectivity index (χ1n) is 6.27. The largest absolute Gasteiger partial charge is 0.481 e. The minimum atomic E-state index is -0.772. The molecule has 0 amide bonds. The lowest BCUT2D eigenvalue weighted by Crippen LogP contribution is -2.10. The van der Waals surface area contributed by atoms with E-state index < -0.39 is 5.97 Å². The normalized spacial score (nSPS) is 10.7. The van der Waals surface area contributed by atoms with Crippen molar-refractivity contribution >= 4 is 22.6 Å². The van der Waals surface area contributed by atoms with Gasteiger partial charge in [0, 0.05) is 37.3 Å². The second-order valence-electron chi connectivity index (χ2n) is 4.92. The highest BCUT2D eigenvalue weighted by atomic mass is 16.4. The van der Waals surface area contributed by atoms with Crippen molar-refractivity contribution in [3.05, 3.63) is 35.5 Å². The molecule has 0 atom stereocenters. The molecule has 0 saturated heterocycles. The summed E-state index contributed by atoms with van der Waals surface area (Å²) in [7, 11) is 4.01. The zero-order chi connectivity index (χ0) is 14.0. The quantitative estimate of drug-likeness (QED) is 0.916. The van der Waals surface area contributed by atoms with E-state index in [0.29, 0.717) is 6.42 Å². The lowest BCUT2D eigenvalue weighted by Gasteiger charge is -2.16. The molecule has 100 valence electrons. The van der Waals surface area contributed by atoms with Crippen LogP contribution in [0.15, 0.2) is 24.3 Å². The molecule has 0 aliphatic carbocycles. The Morgan fingerprint density at radius 2 is 2.05 bits per heavy atom. The molecule has 0 saturated carbocycles. The van der Waals surface area contributed by atoms with Crippen LogP contribution in [0, 0.1) is 6.92 Å². The van der Waals surface area contributed by atoms with Crippen molar-refractivity contribution in [2.24, 2.45) is 0 Å². The Hall–Kier alpha value is -2.10. The van der Waals surface area contributed by atoms with Crippen LogP contribution < -0.4 is 4.90 Å². The molecule has 4 heteroatoms. The predicted octanol–water partition coefficient (Wildman–Crippen LogP) is 2.63. The van der Waals surface area contributed by atoms with Gasteiger partial charge in [0.1, 0.15) is 0 Å². The Bertz CT molecular complexity index is 621. The van der Waals surface area contributed by atoms with Gasteiger partial charge in [-0.25, -0.2) is 0 Å². The molecular weight excluding hydrogens is 240 g/mol. The second-order valence-corrected chi connectivity index (χ2v) is 4.92. The van der Waals surface area contributed by atoms with Crippen LogP contribution in [0.4, 0.5) is 5.69 Å². The minimum absolute atomic E-state index is 0.151. The number of carbonyl (C=O) groups is 1. The summed E-state index contributed by atoms with van der Waals surface area (Å²) >= 11 is 0. The Morgan fingerprint density at radius 3 is 2.68 bits per heavy atom. The molecule has 0 spiro atoms. The molecule has 19 heavy (non-hydrogen) atoms. The van der Waals surface area contributed by atoms with E-state index in [1.807, 2.05) is 39.2 Å². The van der Waals surface area contributed by atoms with Crippen molar-refractivity contribution in [2.45, 2.75) is 19.8 Å². The Balaban J connectivity index is 2.45. The summed E-state index contributed by atoms with van der Waals surface area (Å²) < 4.78 is 0. The molecule has 2 rings (SSSR count). The van der Waals surface area contributed by atoms with E-state index in [2.05, 4.69) is 16.0 Å². The highest BCUT2D eigenvalue weighted by Crippen LogP contribution is 2.26. The number of carboxylic acids is 1. The number of benzene rings is 1. The summed E-state index contributed by atoms with van der Waals surface area (Å²) in [6.07, 6.45) is 0.691. The van der Waals surface area contributed by atoms with Gasteiger partial charge in [-0.05, 0) is 31.0 Å². The molecule has 0 unspecified atom stereocenters. The molecule has 1 heterocycles. The molecule has 0 radical (unpaired) electrons. The van der Waals surface area contributed by atoms with Crippen LogP contribution in [0.5, 0.6) is 0 Å². The molecule has 1 aromatic heterocycles. The monoisotopic (exact) mass is 258 g/mol. The maximum Gasteiger partial charge on any atom is 0.303 e. The van der Waals surface area contributed by atoms with E-state index in [-0.39, 0.29) is 6.42 Å². The van der Waals surface area contributed by atoms with Gasteiger partial charge in [0.05, 0.1) is 5.52 Å². The van der Waals surface area contributed by atoms with E-state index in [4.69, 9.17) is 5.11 Å². The minimum Gasteiger partial charge on any atom is -0.481 e. The first-order valence-corrected chi connectivity index (χ1v) is 6.27. The number of aryl methyl sites for hydroxylation is 2. The lowest BCUT2D eigenvalue weighted by molar-refractivity contribution is -0.136. The van der Waals surface area contributed by atoms with Crippen LogP contribution in [0.3, 0.4) is 0 Å². The molecule has 1 N–H and O–H groups in total. The third-order valence-corrected chi connectivity index (χ3v) is 3.09. The van der Waals surface area contributed by atoms with Crippen molar-refractivity contribution in [1.29, 1.82) is 0 Å². The zero-order valence-electron chi connectivity index (χ0n) is 11.5. The zero-order valence-corrected chi connectivity index (χ0v) is 11.5. The number of hydrogen-bond donors (Lipinski definition) is 1. The molecule has 1 aromatic carbocycles.